The van der Waals surface area contributed by atoms with Crippen LogP contribution in [0.5, 0.6) is 0 Å². The van der Waals surface area contributed by atoms with Crippen LogP contribution >= 0.6 is 11.3 Å². The van der Waals surface area contributed by atoms with Crippen molar-refractivity contribution in [2.45, 2.75) is 25.3 Å². The third-order valence-corrected chi connectivity index (χ3v) is 4.49. The lowest BCUT2D eigenvalue weighted by atomic mass is 9.89. The van der Waals surface area contributed by atoms with Crippen molar-refractivity contribution in [1.29, 1.82) is 0 Å². The van der Waals surface area contributed by atoms with Crippen LogP contribution in [0.2, 0.25) is 0 Å². The standard InChI is InChI=1S/C15H18N2S/c1-2-4-13(5-3-1)14-6-8-17(9-7-14)11-15-10-16-12-18-15/h1-5,10,12,14H,6-9,11H2. The van der Waals surface area contributed by atoms with Gasteiger partial charge in [-0.3, -0.25) is 9.88 Å². The lowest BCUT2D eigenvalue weighted by molar-refractivity contribution is 0.206. The molecule has 2 aromatic rings. The van der Waals surface area contributed by atoms with Gasteiger partial charge in [-0.05, 0) is 37.4 Å². The molecule has 0 radical (unpaired) electrons. The Bertz CT molecular complexity index is 459. The average Bonchev–Trinajstić information content (AvgIpc) is 2.94. The summed E-state index contributed by atoms with van der Waals surface area (Å²) in [6.07, 6.45) is 4.56. The normalized spacial score (nSPS) is 18.0. The molecule has 0 atom stereocenters. The summed E-state index contributed by atoms with van der Waals surface area (Å²) in [5.74, 6) is 0.754. The number of hydrogen-bond donors (Lipinski definition) is 0. The first-order valence-corrected chi connectivity index (χ1v) is 7.44. The molecule has 1 aliphatic rings. The molecule has 1 aliphatic heterocycles. The zero-order valence-corrected chi connectivity index (χ0v) is 11.3. The van der Waals surface area contributed by atoms with Gasteiger partial charge in [0.15, 0.2) is 0 Å². The van der Waals surface area contributed by atoms with E-state index in [1.807, 2.05) is 11.7 Å². The summed E-state index contributed by atoms with van der Waals surface area (Å²) in [6.45, 7) is 3.49. The zero-order valence-electron chi connectivity index (χ0n) is 10.5. The maximum Gasteiger partial charge on any atom is 0.0794 e. The van der Waals surface area contributed by atoms with Crippen LogP contribution in [0.25, 0.3) is 0 Å². The van der Waals surface area contributed by atoms with E-state index in [0.29, 0.717) is 0 Å². The summed E-state index contributed by atoms with van der Waals surface area (Å²) in [5, 5.41) is 0. The summed E-state index contributed by atoms with van der Waals surface area (Å²) in [4.78, 5) is 8.07. The predicted octanol–water partition coefficient (Wildman–Crippen LogP) is 3.52. The first-order valence-electron chi connectivity index (χ1n) is 6.56. The van der Waals surface area contributed by atoms with Gasteiger partial charge in [0.05, 0.1) is 5.51 Å². The number of benzene rings is 1. The Hall–Kier alpha value is -1.19. The molecule has 3 rings (SSSR count). The van der Waals surface area contributed by atoms with Crippen molar-refractivity contribution in [3.8, 4) is 0 Å². The second-order valence-corrected chi connectivity index (χ2v) is 5.90. The smallest absolute Gasteiger partial charge is 0.0794 e. The summed E-state index contributed by atoms with van der Waals surface area (Å²) in [6, 6.07) is 10.9. The molecule has 0 bridgehead atoms. The Morgan fingerprint density at radius 1 is 1.17 bits per heavy atom. The van der Waals surface area contributed by atoms with Gasteiger partial charge in [0.2, 0.25) is 0 Å². The van der Waals surface area contributed by atoms with Gasteiger partial charge >= 0.3 is 0 Å². The van der Waals surface area contributed by atoms with Gasteiger partial charge in [0.1, 0.15) is 0 Å². The van der Waals surface area contributed by atoms with E-state index >= 15 is 0 Å². The maximum absolute atomic E-state index is 4.14. The van der Waals surface area contributed by atoms with Crippen molar-refractivity contribution >= 4 is 11.3 Å². The third kappa shape index (κ3) is 2.79. The first kappa shape index (κ1) is 11.9. The van der Waals surface area contributed by atoms with Gasteiger partial charge in [-0.15, -0.1) is 11.3 Å². The third-order valence-electron chi connectivity index (χ3n) is 3.72. The molecule has 0 spiro atoms. The fourth-order valence-corrected chi connectivity index (χ4v) is 3.33. The molecule has 2 heterocycles. The number of nitrogens with zero attached hydrogens (tertiary/aromatic N) is 2. The van der Waals surface area contributed by atoms with Crippen LogP contribution in [-0.2, 0) is 6.54 Å². The summed E-state index contributed by atoms with van der Waals surface area (Å²) in [7, 11) is 0. The van der Waals surface area contributed by atoms with Gasteiger partial charge in [0, 0.05) is 17.6 Å². The van der Waals surface area contributed by atoms with Crippen molar-refractivity contribution in [3.63, 3.8) is 0 Å². The summed E-state index contributed by atoms with van der Waals surface area (Å²) >= 11 is 1.76. The van der Waals surface area contributed by atoms with E-state index < -0.39 is 0 Å². The Morgan fingerprint density at radius 3 is 2.61 bits per heavy atom. The molecular weight excluding hydrogens is 240 g/mol. The van der Waals surface area contributed by atoms with Gasteiger partial charge in [-0.2, -0.15) is 0 Å². The van der Waals surface area contributed by atoms with Crippen molar-refractivity contribution in [2.24, 2.45) is 0 Å². The van der Waals surface area contributed by atoms with Gasteiger partial charge in [-0.25, -0.2) is 0 Å². The fourth-order valence-electron chi connectivity index (χ4n) is 2.69. The molecular formula is C15H18N2S. The largest absolute Gasteiger partial charge is 0.298 e. The van der Waals surface area contributed by atoms with E-state index in [2.05, 4.69) is 40.2 Å². The van der Waals surface area contributed by atoms with E-state index in [1.54, 1.807) is 11.3 Å². The highest BCUT2D eigenvalue weighted by atomic mass is 32.1. The van der Waals surface area contributed by atoms with Crippen LogP contribution in [0.4, 0.5) is 0 Å². The molecule has 0 unspecified atom stereocenters. The first-order chi connectivity index (χ1) is 8.92. The lowest BCUT2D eigenvalue weighted by Crippen LogP contribution is -2.32. The minimum atomic E-state index is 0.754. The molecule has 1 aromatic carbocycles. The SMILES string of the molecule is c1ccc(C2CCN(Cc3cncs3)CC2)cc1. The van der Waals surface area contributed by atoms with E-state index in [0.717, 1.165) is 12.5 Å². The second-order valence-electron chi connectivity index (χ2n) is 4.93. The number of aromatic nitrogens is 1. The number of rotatable bonds is 3. The van der Waals surface area contributed by atoms with Crippen molar-refractivity contribution < 1.29 is 0 Å². The van der Waals surface area contributed by atoms with Gasteiger partial charge < -0.3 is 0 Å². The van der Waals surface area contributed by atoms with Crippen LogP contribution in [0, 0.1) is 0 Å². The topological polar surface area (TPSA) is 16.1 Å². The van der Waals surface area contributed by atoms with Crippen LogP contribution in [0.3, 0.4) is 0 Å². The van der Waals surface area contributed by atoms with Crippen LogP contribution in [0.15, 0.2) is 42.0 Å². The molecule has 0 N–H and O–H groups in total. The number of hydrogen-bond acceptors (Lipinski definition) is 3. The molecule has 3 heteroatoms. The second kappa shape index (κ2) is 5.63. The quantitative estimate of drug-likeness (QED) is 0.837. The average molecular weight is 258 g/mol. The molecule has 1 aromatic heterocycles. The molecule has 1 saturated heterocycles. The van der Waals surface area contributed by atoms with Crippen LogP contribution in [-0.4, -0.2) is 23.0 Å². The maximum atomic E-state index is 4.14. The molecule has 0 amide bonds. The fraction of sp³-hybridized carbons (Fsp3) is 0.400. The lowest BCUT2D eigenvalue weighted by Gasteiger charge is -2.31. The van der Waals surface area contributed by atoms with Crippen molar-refractivity contribution in [1.82, 2.24) is 9.88 Å². The minimum Gasteiger partial charge on any atom is -0.298 e. The van der Waals surface area contributed by atoms with Gasteiger partial charge in [0.25, 0.3) is 0 Å². The molecule has 0 saturated carbocycles. The highest BCUT2D eigenvalue weighted by Gasteiger charge is 2.20. The highest BCUT2D eigenvalue weighted by Crippen LogP contribution is 2.28. The Balaban J connectivity index is 1.55. The number of thiazole rings is 1. The predicted molar refractivity (Wildman–Crippen MR) is 75.8 cm³/mol. The molecule has 94 valence electrons. The molecule has 18 heavy (non-hydrogen) atoms. The monoisotopic (exact) mass is 258 g/mol. The Morgan fingerprint density at radius 2 is 1.94 bits per heavy atom. The molecule has 2 nitrogen and oxygen atoms in total. The number of likely N-dealkylation sites (tertiary alicyclic amines) is 1. The van der Waals surface area contributed by atoms with E-state index in [-0.39, 0.29) is 0 Å². The van der Waals surface area contributed by atoms with Crippen molar-refractivity contribution in [2.75, 3.05) is 13.1 Å². The summed E-state index contributed by atoms with van der Waals surface area (Å²) < 4.78 is 0. The van der Waals surface area contributed by atoms with Crippen molar-refractivity contribution in [3.05, 3.63) is 52.5 Å². The highest BCUT2D eigenvalue weighted by molar-refractivity contribution is 7.09. The Kier molecular flexibility index (Phi) is 3.72. The summed E-state index contributed by atoms with van der Waals surface area (Å²) in [5.41, 5.74) is 3.43. The zero-order chi connectivity index (χ0) is 12.2. The van der Waals surface area contributed by atoms with E-state index in [9.17, 15) is 0 Å². The molecule has 0 aliphatic carbocycles. The molecule has 1 fully saturated rings. The van der Waals surface area contributed by atoms with Gasteiger partial charge in [-0.1, -0.05) is 30.3 Å². The van der Waals surface area contributed by atoms with E-state index in [4.69, 9.17) is 0 Å². The minimum absolute atomic E-state index is 0.754. The van der Waals surface area contributed by atoms with Crippen LogP contribution in [0.1, 0.15) is 29.2 Å². The van der Waals surface area contributed by atoms with Crippen LogP contribution < -0.4 is 0 Å². The number of piperidine rings is 1. The van der Waals surface area contributed by atoms with E-state index in [1.165, 1.54) is 36.4 Å². The Labute approximate surface area is 112 Å².